The lowest BCUT2D eigenvalue weighted by Gasteiger charge is -2.33. The summed E-state index contributed by atoms with van der Waals surface area (Å²) < 4.78 is 0. The van der Waals surface area contributed by atoms with E-state index in [1.54, 1.807) is 0 Å². The summed E-state index contributed by atoms with van der Waals surface area (Å²) in [5.74, 6) is 0.998. The maximum absolute atomic E-state index is 9.67. The van der Waals surface area contributed by atoms with E-state index in [0.29, 0.717) is 6.04 Å². The molecule has 3 fully saturated rings. The number of rotatable bonds is 7. The number of nitrogens with zero attached hydrogens (tertiary/aromatic N) is 1. The lowest BCUT2D eigenvalue weighted by molar-refractivity contribution is 0.143. The van der Waals surface area contributed by atoms with Crippen molar-refractivity contribution in [3.63, 3.8) is 0 Å². The Morgan fingerprint density at radius 2 is 1.95 bits per heavy atom. The highest BCUT2D eigenvalue weighted by molar-refractivity contribution is 4.93. The van der Waals surface area contributed by atoms with Gasteiger partial charge in [0, 0.05) is 17.6 Å². The van der Waals surface area contributed by atoms with Gasteiger partial charge in [0.05, 0.1) is 6.61 Å². The summed E-state index contributed by atoms with van der Waals surface area (Å²) in [5, 5.41) is 13.3. The van der Waals surface area contributed by atoms with Gasteiger partial charge in [-0.15, -0.1) is 0 Å². The summed E-state index contributed by atoms with van der Waals surface area (Å²) in [6, 6.07) is 1.57. The van der Waals surface area contributed by atoms with Gasteiger partial charge in [0.15, 0.2) is 0 Å². The molecule has 2 aliphatic carbocycles. The molecule has 0 radical (unpaired) electrons. The van der Waals surface area contributed by atoms with Crippen molar-refractivity contribution in [2.45, 2.75) is 82.3 Å². The third-order valence-electron chi connectivity index (χ3n) is 5.78. The molecule has 3 heteroatoms. The minimum Gasteiger partial charge on any atom is -0.394 e. The van der Waals surface area contributed by atoms with Gasteiger partial charge < -0.3 is 15.3 Å². The highest BCUT2D eigenvalue weighted by atomic mass is 16.3. The first-order chi connectivity index (χ1) is 9.70. The van der Waals surface area contributed by atoms with Crippen molar-refractivity contribution in [3.8, 4) is 0 Å². The summed E-state index contributed by atoms with van der Waals surface area (Å²) in [6.45, 7) is 5.03. The molecular weight excluding hydrogens is 248 g/mol. The Morgan fingerprint density at radius 1 is 1.15 bits per heavy atom. The summed E-state index contributed by atoms with van der Waals surface area (Å²) in [4.78, 5) is 2.75. The minimum absolute atomic E-state index is 0.0488. The summed E-state index contributed by atoms with van der Waals surface area (Å²) in [7, 11) is 0. The number of likely N-dealkylation sites (tertiary alicyclic amines) is 1. The number of hydrogen-bond donors (Lipinski definition) is 2. The molecule has 3 atom stereocenters. The summed E-state index contributed by atoms with van der Waals surface area (Å²) >= 11 is 0. The summed E-state index contributed by atoms with van der Waals surface area (Å²) in [6.07, 6.45) is 12.2. The highest BCUT2D eigenvalue weighted by Gasteiger charge is 2.36. The van der Waals surface area contributed by atoms with Crippen molar-refractivity contribution < 1.29 is 5.11 Å². The third kappa shape index (κ3) is 3.55. The zero-order valence-corrected chi connectivity index (χ0v) is 13.1. The number of nitrogens with one attached hydrogen (secondary N) is 1. The SMILES string of the molecule is CC(CO)(CCCN1CCC2CCCCC21)NC1CC1. The molecule has 0 bridgehead atoms. The van der Waals surface area contributed by atoms with E-state index >= 15 is 0 Å². The molecule has 3 rings (SSSR count). The lowest BCUT2D eigenvalue weighted by atomic mass is 9.85. The van der Waals surface area contributed by atoms with Crippen LogP contribution in [0, 0.1) is 5.92 Å². The molecule has 2 N–H and O–H groups in total. The molecule has 1 saturated heterocycles. The standard InChI is InChI=1S/C17H32N2O/c1-17(13-20,18-15-7-8-15)10-4-11-19-12-9-14-5-2-3-6-16(14)19/h14-16,18,20H,2-13H2,1H3. The van der Waals surface area contributed by atoms with Crippen LogP contribution in [0.5, 0.6) is 0 Å². The van der Waals surface area contributed by atoms with E-state index in [0.717, 1.165) is 18.4 Å². The minimum atomic E-state index is -0.0488. The zero-order valence-electron chi connectivity index (χ0n) is 13.1. The first-order valence-corrected chi connectivity index (χ1v) is 8.83. The van der Waals surface area contributed by atoms with Crippen LogP contribution in [0.4, 0.5) is 0 Å². The van der Waals surface area contributed by atoms with Crippen molar-refractivity contribution in [2.75, 3.05) is 19.7 Å². The smallest absolute Gasteiger partial charge is 0.0610 e. The molecule has 20 heavy (non-hydrogen) atoms. The fourth-order valence-electron chi connectivity index (χ4n) is 4.37. The Hall–Kier alpha value is -0.120. The van der Waals surface area contributed by atoms with Crippen molar-refractivity contribution >= 4 is 0 Å². The van der Waals surface area contributed by atoms with Gasteiger partial charge in [-0.2, -0.15) is 0 Å². The van der Waals surface area contributed by atoms with Gasteiger partial charge in [-0.1, -0.05) is 12.8 Å². The zero-order chi connectivity index (χ0) is 14.0. The van der Waals surface area contributed by atoms with Crippen LogP contribution in [0.25, 0.3) is 0 Å². The Morgan fingerprint density at radius 3 is 2.70 bits per heavy atom. The molecule has 116 valence electrons. The maximum atomic E-state index is 9.67. The molecule has 0 spiro atoms. The Bertz CT molecular complexity index is 318. The average molecular weight is 280 g/mol. The van der Waals surface area contributed by atoms with E-state index in [1.807, 2.05) is 0 Å². The van der Waals surface area contributed by atoms with Crippen LogP contribution in [0.15, 0.2) is 0 Å². The topological polar surface area (TPSA) is 35.5 Å². The molecule has 0 aromatic rings. The monoisotopic (exact) mass is 280 g/mol. The van der Waals surface area contributed by atoms with E-state index < -0.39 is 0 Å². The molecule has 2 saturated carbocycles. The van der Waals surface area contributed by atoms with Gasteiger partial charge >= 0.3 is 0 Å². The second kappa shape index (κ2) is 6.33. The second-order valence-corrected chi connectivity index (χ2v) is 7.68. The molecule has 1 heterocycles. The van der Waals surface area contributed by atoms with Crippen LogP contribution >= 0.6 is 0 Å². The Balaban J connectivity index is 1.42. The molecule has 0 aromatic carbocycles. The predicted octanol–water partition coefficient (Wildman–Crippen LogP) is 2.53. The van der Waals surface area contributed by atoms with E-state index in [4.69, 9.17) is 0 Å². The molecule has 1 aliphatic heterocycles. The predicted molar refractivity (Wildman–Crippen MR) is 82.8 cm³/mol. The van der Waals surface area contributed by atoms with Crippen molar-refractivity contribution in [1.29, 1.82) is 0 Å². The van der Waals surface area contributed by atoms with Crippen molar-refractivity contribution in [2.24, 2.45) is 5.92 Å². The molecule has 3 nitrogen and oxygen atoms in total. The van der Waals surface area contributed by atoms with Crippen LogP contribution in [0.3, 0.4) is 0 Å². The molecule has 3 aliphatic rings. The second-order valence-electron chi connectivity index (χ2n) is 7.68. The van der Waals surface area contributed by atoms with E-state index in [2.05, 4.69) is 17.1 Å². The van der Waals surface area contributed by atoms with Crippen molar-refractivity contribution in [1.82, 2.24) is 10.2 Å². The van der Waals surface area contributed by atoms with Crippen LogP contribution in [0.2, 0.25) is 0 Å². The van der Waals surface area contributed by atoms with Crippen LogP contribution in [-0.4, -0.2) is 47.3 Å². The fourth-order valence-corrected chi connectivity index (χ4v) is 4.37. The van der Waals surface area contributed by atoms with Crippen LogP contribution < -0.4 is 5.32 Å². The first kappa shape index (κ1) is 14.8. The molecule has 3 unspecified atom stereocenters. The lowest BCUT2D eigenvalue weighted by Crippen LogP contribution is -2.47. The largest absolute Gasteiger partial charge is 0.394 e. The maximum Gasteiger partial charge on any atom is 0.0610 e. The number of aliphatic hydroxyl groups excluding tert-OH is 1. The Labute approximate surface area is 124 Å². The van der Waals surface area contributed by atoms with Crippen molar-refractivity contribution in [3.05, 3.63) is 0 Å². The molecule has 0 amide bonds. The number of aliphatic hydroxyl groups is 1. The van der Waals surface area contributed by atoms with Gasteiger partial charge in [0.2, 0.25) is 0 Å². The van der Waals surface area contributed by atoms with Gasteiger partial charge in [-0.25, -0.2) is 0 Å². The van der Waals surface area contributed by atoms with Gasteiger partial charge in [0.1, 0.15) is 0 Å². The highest BCUT2D eigenvalue weighted by Crippen LogP contribution is 2.36. The molecular formula is C17H32N2O. The average Bonchev–Trinajstić information content (AvgIpc) is 3.17. The normalized spacial score (nSPS) is 33.9. The van der Waals surface area contributed by atoms with Crippen LogP contribution in [0.1, 0.15) is 64.7 Å². The Kier molecular flexibility index (Phi) is 4.68. The van der Waals surface area contributed by atoms with Gasteiger partial charge in [-0.05, 0) is 70.9 Å². The molecule has 0 aromatic heterocycles. The van der Waals surface area contributed by atoms with Gasteiger partial charge in [0.25, 0.3) is 0 Å². The van der Waals surface area contributed by atoms with E-state index in [-0.39, 0.29) is 12.1 Å². The quantitative estimate of drug-likeness (QED) is 0.752. The van der Waals surface area contributed by atoms with E-state index in [1.165, 1.54) is 64.5 Å². The van der Waals surface area contributed by atoms with Crippen LogP contribution in [-0.2, 0) is 0 Å². The number of fused-ring (bicyclic) bond motifs is 1. The third-order valence-corrected chi connectivity index (χ3v) is 5.78. The summed E-state index contributed by atoms with van der Waals surface area (Å²) in [5.41, 5.74) is -0.0488. The first-order valence-electron chi connectivity index (χ1n) is 8.83. The number of hydrogen-bond acceptors (Lipinski definition) is 3. The van der Waals surface area contributed by atoms with E-state index in [9.17, 15) is 5.11 Å². The fraction of sp³-hybridized carbons (Fsp3) is 1.00. The van der Waals surface area contributed by atoms with Gasteiger partial charge in [-0.3, -0.25) is 0 Å².